The van der Waals surface area contributed by atoms with E-state index in [1.807, 2.05) is 54.6 Å². The molecule has 1 fully saturated rings. The van der Waals surface area contributed by atoms with Crippen LogP contribution in [0.3, 0.4) is 0 Å². The largest absolute Gasteiger partial charge is 0.489 e. The van der Waals surface area contributed by atoms with Crippen LogP contribution < -0.4 is 14.5 Å². The monoisotopic (exact) mass is 545 g/mol. The van der Waals surface area contributed by atoms with Crippen LogP contribution in [-0.2, 0) is 16.2 Å². The molecule has 2 aliphatic heterocycles. The predicted molar refractivity (Wildman–Crippen MR) is 143 cm³/mol. The highest BCUT2D eigenvalue weighted by Gasteiger charge is 2.56. The van der Waals surface area contributed by atoms with E-state index in [0.717, 1.165) is 27.4 Å². The molecule has 2 amide bonds. The molecule has 190 valence electrons. The molecule has 2 aliphatic rings. The first-order valence-corrected chi connectivity index (χ1v) is 13.4. The van der Waals surface area contributed by atoms with Gasteiger partial charge in [0.15, 0.2) is 0 Å². The van der Waals surface area contributed by atoms with Crippen LogP contribution >= 0.6 is 23.1 Å². The standard InChI is InChI=1S/C27H19N3O6S2/c31-25-21-20(16-7-4-8-19(13-16)36-14-15-5-2-1-3-6-15)22-24(28-27(33)38-22)37-23(21)26(32)29(25)17-9-11-18(12-10-17)30(34)35/h1-13,20-21,23H,14H2,(H,28,33). The first kappa shape index (κ1) is 24.1. The normalized spacial score (nSPS) is 20.2. The number of non-ortho nitro benzene ring substituents is 1. The minimum Gasteiger partial charge on any atom is -0.489 e. The molecule has 0 spiro atoms. The van der Waals surface area contributed by atoms with Crippen molar-refractivity contribution in [2.24, 2.45) is 5.92 Å². The average Bonchev–Trinajstić information content (AvgIpc) is 3.42. The van der Waals surface area contributed by atoms with Gasteiger partial charge in [0, 0.05) is 22.9 Å². The van der Waals surface area contributed by atoms with Crippen molar-refractivity contribution in [3.63, 3.8) is 0 Å². The lowest BCUT2D eigenvalue weighted by molar-refractivity contribution is -0.384. The molecule has 4 aromatic rings. The maximum atomic E-state index is 13.8. The molecule has 0 saturated carbocycles. The number of amides is 2. The molecule has 3 aromatic carbocycles. The average molecular weight is 546 g/mol. The second kappa shape index (κ2) is 9.58. The Balaban J connectivity index is 1.37. The van der Waals surface area contributed by atoms with E-state index in [1.54, 1.807) is 0 Å². The molecular weight excluding hydrogens is 526 g/mol. The quantitative estimate of drug-likeness (QED) is 0.211. The number of imide groups is 1. The summed E-state index contributed by atoms with van der Waals surface area (Å²) in [5.41, 5.74) is 1.91. The number of aromatic nitrogens is 1. The lowest BCUT2D eigenvalue weighted by atomic mass is 9.83. The lowest BCUT2D eigenvalue weighted by Gasteiger charge is -2.30. The number of nitrogens with zero attached hydrogens (tertiary/aromatic N) is 2. The van der Waals surface area contributed by atoms with Crippen LogP contribution in [0.5, 0.6) is 5.75 Å². The molecule has 0 bridgehead atoms. The maximum absolute atomic E-state index is 13.8. The number of thioether (sulfide) groups is 1. The third kappa shape index (κ3) is 4.19. The van der Waals surface area contributed by atoms with Crippen molar-refractivity contribution in [3.05, 3.63) is 115 Å². The van der Waals surface area contributed by atoms with Gasteiger partial charge in [0.25, 0.3) is 5.69 Å². The van der Waals surface area contributed by atoms with E-state index < -0.39 is 33.8 Å². The molecule has 11 heteroatoms. The number of nitrogens with one attached hydrogen (secondary N) is 1. The van der Waals surface area contributed by atoms with Gasteiger partial charge in [0.1, 0.15) is 17.6 Å². The minimum atomic E-state index is -0.758. The van der Waals surface area contributed by atoms with Gasteiger partial charge >= 0.3 is 4.87 Å². The van der Waals surface area contributed by atoms with Gasteiger partial charge in [-0.3, -0.25) is 24.5 Å². The molecule has 6 rings (SSSR count). The summed E-state index contributed by atoms with van der Waals surface area (Å²) in [6.07, 6.45) is 0. The fraction of sp³-hybridized carbons (Fsp3) is 0.148. The summed E-state index contributed by atoms with van der Waals surface area (Å²) in [5.74, 6) is -1.52. The molecule has 3 atom stereocenters. The van der Waals surface area contributed by atoms with Crippen molar-refractivity contribution < 1.29 is 19.2 Å². The van der Waals surface area contributed by atoms with Gasteiger partial charge in [-0.1, -0.05) is 65.6 Å². The fourth-order valence-corrected chi connectivity index (χ4v) is 7.41. The van der Waals surface area contributed by atoms with Gasteiger partial charge in [-0.25, -0.2) is 4.90 Å². The molecule has 3 heterocycles. The van der Waals surface area contributed by atoms with Crippen molar-refractivity contribution in [3.8, 4) is 5.75 Å². The van der Waals surface area contributed by atoms with Crippen LogP contribution in [0, 0.1) is 16.0 Å². The molecule has 0 radical (unpaired) electrons. The van der Waals surface area contributed by atoms with Crippen molar-refractivity contribution in [1.82, 2.24) is 4.98 Å². The van der Waals surface area contributed by atoms with Gasteiger partial charge in [0.05, 0.1) is 21.6 Å². The third-order valence-electron chi connectivity index (χ3n) is 6.61. The molecular formula is C27H19N3O6S2. The Morgan fingerprint density at radius 2 is 1.71 bits per heavy atom. The highest BCUT2D eigenvalue weighted by atomic mass is 32.2. The first-order valence-electron chi connectivity index (χ1n) is 11.7. The Hall–Kier alpha value is -4.22. The molecule has 3 unspecified atom stereocenters. The number of rotatable bonds is 6. The van der Waals surface area contributed by atoms with Gasteiger partial charge in [-0.2, -0.15) is 0 Å². The number of nitro benzene ring substituents is 1. The van der Waals surface area contributed by atoms with Crippen molar-refractivity contribution in [1.29, 1.82) is 0 Å². The summed E-state index contributed by atoms with van der Waals surface area (Å²) in [4.78, 5) is 54.5. The smallest absolute Gasteiger partial charge is 0.305 e. The van der Waals surface area contributed by atoms with E-state index in [9.17, 15) is 24.5 Å². The molecule has 38 heavy (non-hydrogen) atoms. The Morgan fingerprint density at radius 1 is 0.947 bits per heavy atom. The van der Waals surface area contributed by atoms with E-state index >= 15 is 0 Å². The highest BCUT2D eigenvalue weighted by molar-refractivity contribution is 8.00. The lowest BCUT2D eigenvalue weighted by Crippen LogP contribution is -2.32. The predicted octanol–water partition coefficient (Wildman–Crippen LogP) is 4.72. The molecule has 9 nitrogen and oxygen atoms in total. The van der Waals surface area contributed by atoms with Gasteiger partial charge in [-0.15, -0.1) is 0 Å². The summed E-state index contributed by atoms with van der Waals surface area (Å²) < 4.78 is 6.01. The van der Waals surface area contributed by atoms with Crippen molar-refractivity contribution in [2.75, 3.05) is 4.90 Å². The van der Waals surface area contributed by atoms with Crippen molar-refractivity contribution >= 4 is 46.3 Å². The van der Waals surface area contributed by atoms with Crippen LogP contribution in [-0.4, -0.2) is 27.0 Å². The van der Waals surface area contributed by atoms with Crippen molar-refractivity contribution in [2.45, 2.75) is 22.8 Å². The molecule has 0 aliphatic carbocycles. The minimum absolute atomic E-state index is 0.135. The summed E-state index contributed by atoms with van der Waals surface area (Å²) >= 11 is 2.21. The second-order valence-electron chi connectivity index (χ2n) is 8.88. The SMILES string of the molecule is O=C1C2Sc3[nH]c(=O)sc3C(c3cccc(OCc4ccccc4)c3)C2C(=O)N1c1ccc([N+](=O)[O-])cc1. The topological polar surface area (TPSA) is 123 Å². The zero-order valence-electron chi connectivity index (χ0n) is 19.6. The zero-order chi connectivity index (χ0) is 26.4. The number of carbonyl (C=O) groups excluding carboxylic acids is 2. The van der Waals surface area contributed by atoms with Gasteiger partial charge in [-0.05, 0) is 35.4 Å². The number of thiazole rings is 1. The van der Waals surface area contributed by atoms with E-state index in [-0.39, 0.29) is 16.2 Å². The number of H-pyrrole nitrogens is 1. The number of fused-ring (bicyclic) bond motifs is 2. The summed E-state index contributed by atoms with van der Waals surface area (Å²) in [6, 6.07) is 22.4. The van der Waals surface area contributed by atoms with E-state index in [1.165, 1.54) is 36.0 Å². The molecule has 1 N–H and O–H groups in total. The van der Waals surface area contributed by atoms with Crippen LogP contribution in [0.15, 0.2) is 88.7 Å². The Morgan fingerprint density at radius 3 is 2.45 bits per heavy atom. The second-order valence-corrected chi connectivity index (χ2v) is 11.0. The number of hydrogen-bond donors (Lipinski definition) is 1. The third-order valence-corrected chi connectivity index (χ3v) is 9.01. The van der Waals surface area contributed by atoms with E-state index in [0.29, 0.717) is 22.3 Å². The number of benzene rings is 3. The highest BCUT2D eigenvalue weighted by Crippen LogP contribution is 2.53. The summed E-state index contributed by atoms with van der Waals surface area (Å²) in [5, 5.41) is 10.9. The fourth-order valence-electron chi connectivity index (χ4n) is 4.89. The van der Waals surface area contributed by atoms with E-state index in [4.69, 9.17) is 4.74 Å². The molecule has 1 saturated heterocycles. The van der Waals surface area contributed by atoms with E-state index in [2.05, 4.69) is 4.98 Å². The number of anilines is 1. The van der Waals surface area contributed by atoms with Gasteiger partial charge in [0.2, 0.25) is 11.8 Å². The molecule has 1 aromatic heterocycles. The number of ether oxygens (including phenoxy) is 1. The zero-order valence-corrected chi connectivity index (χ0v) is 21.2. The van der Waals surface area contributed by atoms with Crippen LogP contribution in [0.25, 0.3) is 0 Å². The van der Waals surface area contributed by atoms with Crippen LogP contribution in [0.1, 0.15) is 21.9 Å². The summed E-state index contributed by atoms with van der Waals surface area (Å²) in [7, 11) is 0. The number of carbonyl (C=O) groups is 2. The Kier molecular flexibility index (Phi) is 6.09. The number of hydrogen-bond acceptors (Lipinski definition) is 8. The van der Waals surface area contributed by atoms with Crippen LogP contribution in [0.2, 0.25) is 0 Å². The first-order chi connectivity index (χ1) is 18.4. The summed E-state index contributed by atoms with van der Waals surface area (Å²) in [6.45, 7) is 0.366. The van der Waals surface area contributed by atoms with Gasteiger partial charge < -0.3 is 9.72 Å². The number of nitro groups is 1. The maximum Gasteiger partial charge on any atom is 0.305 e. The Bertz CT molecular complexity index is 1620. The van der Waals surface area contributed by atoms with Crippen LogP contribution in [0.4, 0.5) is 11.4 Å². The Labute approximate surface area is 224 Å². The number of aromatic amines is 1.